The van der Waals surface area contributed by atoms with Gasteiger partial charge in [-0.15, -0.1) is 0 Å². The van der Waals surface area contributed by atoms with Crippen molar-refractivity contribution in [2.45, 2.75) is 26.3 Å². The minimum Gasteiger partial charge on any atom is -0.497 e. The van der Waals surface area contributed by atoms with Gasteiger partial charge >= 0.3 is 0 Å². The van der Waals surface area contributed by atoms with E-state index in [9.17, 15) is 4.79 Å². The van der Waals surface area contributed by atoms with Crippen LogP contribution in [-0.4, -0.2) is 34.1 Å². The number of hydrogen-bond donors (Lipinski definition) is 1. The zero-order valence-electron chi connectivity index (χ0n) is 14.7. The van der Waals surface area contributed by atoms with Crippen molar-refractivity contribution in [3.05, 3.63) is 54.0 Å². The number of ether oxygens (including phenoxy) is 1. The van der Waals surface area contributed by atoms with Crippen molar-refractivity contribution in [3.63, 3.8) is 0 Å². The Morgan fingerprint density at radius 3 is 2.88 bits per heavy atom. The number of aromatic nitrogens is 3. The number of methoxy groups -OCH3 is 1. The number of carbonyl (C=O) groups is 1. The Morgan fingerprint density at radius 1 is 1.28 bits per heavy atom. The van der Waals surface area contributed by atoms with Crippen LogP contribution in [0.2, 0.25) is 0 Å². The van der Waals surface area contributed by atoms with Gasteiger partial charge in [0.15, 0.2) is 5.65 Å². The molecule has 1 amide bonds. The Labute approximate surface area is 146 Å². The second kappa shape index (κ2) is 7.34. The van der Waals surface area contributed by atoms with Crippen LogP contribution in [0, 0.1) is 0 Å². The molecule has 0 aliphatic heterocycles. The van der Waals surface area contributed by atoms with Crippen LogP contribution in [0.3, 0.4) is 0 Å². The fourth-order valence-corrected chi connectivity index (χ4v) is 2.85. The highest BCUT2D eigenvalue weighted by Gasteiger charge is 2.14. The van der Waals surface area contributed by atoms with E-state index in [1.165, 1.54) is 0 Å². The van der Waals surface area contributed by atoms with Gasteiger partial charge in [-0.25, -0.2) is 9.97 Å². The standard InChI is InChI=1S/C19H22N4O2/c1-13(2)23-17(22-16-8-5-10-20-18(16)23)9-11-21-19(24)14-6-4-7-15(12-14)25-3/h4-8,10,12-13H,9,11H2,1-3H3,(H,21,24). The molecule has 3 rings (SSSR count). The Hall–Kier alpha value is -2.89. The maximum absolute atomic E-state index is 12.3. The van der Waals surface area contributed by atoms with E-state index in [0.717, 1.165) is 17.0 Å². The van der Waals surface area contributed by atoms with E-state index in [1.807, 2.05) is 18.2 Å². The lowest BCUT2D eigenvalue weighted by Gasteiger charge is -2.12. The van der Waals surface area contributed by atoms with E-state index < -0.39 is 0 Å². The first kappa shape index (κ1) is 17.0. The average molecular weight is 338 g/mol. The molecule has 0 saturated heterocycles. The molecule has 3 aromatic rings. The fraction of sp³-hybridized carbons (Fsp3) is 0.316. The normalized spacial score (nSPS) is 11.0. The third-order valence-corrected chi connectivity index (χ3v) is 4.00. The van der Waals surface area contributed by atoms with Gasteiger partial charge in [0, 0.05) is 30.8 Å². The second-order valence-corrected chi connectivity index (χ2v) is 6.08. The summed E-state index contributed by atoms with van der Waals surface area (Å²) in [7, 11) is 1.58. The minimum atomic E-state index is -0.121. The van der Waals surface area contributed by atoms with Gasteiger partial charge in [0.1, 0.15) is 17.1 Å². The lowest BCUT2D eigenvalue weighted by molar-refractivity contribution is 0.0953. The summed E-state index contributed by atoms with van der Waals surface area (Å²) in [4.78, 5) is 21.4. The van der Waals surface area contributed by atoms with E-state index in [1.54, 1.807) is 31.5 Å². The van der Waals surface area contributed by atoms with Gasteiger partial charge in [0.25, 0.3) is 5.91 Å². The Bertz CT molecular complexity index is 886. The summed E-state index contributed by atoms with van der Waals surface area (Å²) < 4.78 is 7.27. The number of imidazole rings is 1. The van der Waals surface area contributed by atoms with Gasteiger partial charge in [-0.3, -0.25) is 4.79 Å². The van der Waals surface area contributed by atoms with Crippen LogP contribution in [0.1, 0.15) is 36.1 Å². The van der Waals surface area contributed by atoms with Crippen LogP contribution < -0.4 is 10.1 Å². The van der Waals surface area contributed by atoms with Gasteiger partial charge in [-0.2, -0.15) is 0 Å². The van der Waals surface area contributed by atoms with Crippen molar-refractivity contribution in [2.24, 2.45) is 0 Å². The van der Waals surface area contributed by atoms with Crippen LogP contribution in [0.4, 0.5) is 0 Å². The van der Waals surface area contributed by atoms with Gasteiger partial charge < -0.3 is 14.6 Å². The van der Waals surface area contributed by atoms with Crippen LogP contribution in [0.25, 0.3) is 11.2 Å². The SMILES string of the molecule is COc1cccc(C(=O)NCCc2nc3cccnc3n2C(C)C)c1. The number of nitrogens with one attached hydrogen (secondary N) is 1. The molecule has 6 nitrogen and oxygen atoms in total. The topological polar surface area (TPSA) is 69.0 Å². The third-order valence-electron chi connectivity index (χ3n) is 4.00. The number of pyridine rings is 1. The summed E-state index contributed by atoms with van der Waals surface area (Å²) in [5.74, 6) is 1.47. The molecule has 1 N–H and O–H groups in total. The molecule has 0 bridgehead atoms. The van der Waals surface area contributed by atoms with Crippen LogP contribution in [-0.2, 0) is 6.42 Å². The maximum Gasteiger partial charge on any atom is 0.251 e. The zero-order chi connectivity index (χ0) is 17.8. The van der Waals surface area contributed by atoms with Crippen molar-refractivity contribution < 1.29 is 9.53 Å². The maximum atomic E-state index is 12.3. The highest BCUT2D eigenvalue weighted by molar-refractivity contribution is 5.94. The summed E-state index contributed by atoms with van der Waals surface area (Å²) in [6.07, 6.45) is 2.42. The van der Waals surface area contributed by atoms with Gasteiger partial charge in [0.05, 0.1) is 7.11 Å². The molecule has 25 heavy (non-hydrogen) atoms. The molecular formula is C19H22N4O2. The lowest BCUT2D eigenvalue weighted by atomic mass is 10.2. The Morgan fingerprint density at radius 2 is 2.12 bits per heavy atom. The van der Waals surface area contributed by atoms with E-state index in [2.05, 4.69) is 33.7 Å². The van der Waals surface area contributed by atoms with Crippen molar-refractivity contribution in [1.82, 2.24) is 19.9 Å². The Balaban J connectivity index is 1.70. The number of hydrogen-bond acceptors (Lipinski definition) is 4. The third kappa shape index (κ3) is 3.63. The zero-order valence-corrected chi connectivity index (χ0v) is 14.7. The van der Waals surface area contributed by atoms with Crippen molar-refractivity contribution in [3.8, 4) is 5.75 Å². The van der Waals surface area contributed by atoms with E-state index in [0.29, 0.717) is 24.3 Å². The average Bonchev–Trinajstić information content (AvgIpc) is 3.00. The van der Waals surface area contributed by atoms with Crippen molar-refractivity contribution >= 4 is 17.1 Å². The molecular weight excluding hydrogens is 316 g/mol. The molecule has 2 aromatic heterocycles. The fourth-order valence-electron chi connectivity index (χ4n) is 2.85. The highest BCUT2D eigenvalue weighted by atomic mass is 16.5. The van der Waals surface area contributed by atoms with Crippen LogP contribution in [0.15, 0.2) is 42.6 Å². The molecule has 0 fully saturated rings. The van der Waals surface area contributed by atoms with Gasteiger partial charge in [0.2, 0.25) is 0 Å². The number of benzene rings is 1. The van der Waals surface area contributed by atoms with Crippen molar-refractivity contribution in [1.29, 1.82) is 0 Å². The van der Waals surface area contributed by atoms with Gasteiger partial charge in [-0.05, 0) is 44.2 Å². The number of carbonyl (C=O) groups excluding carboxylic acids is 1. The largest absolute Gasteiger partial charge is 0.497 e. The first-order chi connectivity index (χ1) is 12.1. The molecule has 6 heteroatoms. The molecule has 2 heterocycles. The molecule has 0 unspecified atom stereocenters. The quantitative estimate of drug-likeness (QED) is 0.750. The number of nitrogens with zero attached hydrogens (tertiary/aromatic N) is 3. The summed E-state index contributed by atoms with van der Waals surface area (Å²) in [6.45, 7) is 4.72. The molecule has 0 atom stereocenters. The first-order valence-corrected chi connectivity index (χ1v) is 8.34. The summed E-state index contributed by atoms with van der Waals surface area (Å²) in [5.41, 5.74) is 2.34. The summed E-state index contributed by atoms with van der Waals surface area (Å²) in [6, 6.07) is 11.2. The molecule has 0 aliphatic carbocycles. The van der Waals surface area contributed by atoms with E-state index in [-0.39, 0.29) is 11.9 Å². The van der Waals surface area contributed by atoms with Crippen LogP contribution >= 0.6 is 0 Å². The van der Waals surface area contributed by atoms with Crippen molar-refractivity contribution in [2.75, 3.05) is 13.7 Å². The smallest absolute Gasteiger partial charge is 0.251 e. The molecule has 1 aromatic carbocycles. The summed E-state index contributed by atoms with van der Waals surface area (Å²) in [5, 5.41) is 2.94. The minimum absolute atomic E-state index is 0.121. The van der Waals surface area contributed by atoms with E-state index in [4.69, 9.17) is 4.74 Å². The molecule has 0 saturated carbocycles. The molecule has 130 valence electrons. The second-order valence-electron chi connectivity index (χ2n) is 6.08. The lowest BCUT2D eigenvalue weighted by Crippen LogP contribution is -2.26. The number of rotatable bonds is 6. The first-order valence-electron chi connectivity index (χ1n) is 8.34. The molecule has 0 aliphatic rings. The Kier molecular flexibility index (Phi) is 4.97. The highest BCUT2D eigenvalue weighted by Crippen LogP contribution is 2.19. The predicted octanol–water partition coefficient (Wildman–Crippen LogP) is 2.99. The van der Waals surface area contributed by atoms with Gasteiger partial charge in [-0.1, -0.05) is 6.07 Å². The number of amides is 1. The van der Waals surface area contributed by atoms with Crippen LogP contribution in [0.5, 0.6) is 5.75 Å². The van der Waals surface area contributed by atoms with E-state index >= 15 is 0 Å². The monoisotopic (exact) mass is 338 g/mol. The summed E-state index contributed by atoms with van der Waals surface area (Å²) >= 11 is 0. The molecule has 0 spiro atoms. The predicted molar refractivity (Wildman–Crippen MR) is 96.9 cm³/mol. The number of fused-ring (bicyclic) bond motifs is 1. The molecule has 0 radical (unpaired) electrons.